The quantitative estimate of drug-likeness (QED) is 0.832. The Morgan fingerprint density at radius 2 is 1.72 bits per heavy atom. The normalized spacial score (nSPS) is 15.0. The highest BCUT2D eigenvalue weighted by molar-refractivity contribution is 5.96. The van der Waals surface area contributed by atoms with Gasteiger partial charge in [0.25, 0.3) is 5.91 Å². The minimum absolute atomic E-state index is 0.159. The molecule has 0 saturated carbocycles. The molecular formula is C21H29N3O. The lowest BCUT2D eigenvalue weighted by molar-refractivity contribution is 0.0722. The molecule has 0 aliphatic carbocycles. The molecular weight excluding hydrogens is 310 g/mol. The van der Waals surface area contributed by atoms with Crippen molar-refractivity contribution >= 4 is 5.91 Å². The van der Waals surface area contributed by atoms with Gasteiger partial charge in [-0.15, -0.1) is 0 Å². The Bertz CT molecular complexity index is 737. The van der Waals surface area contributed by atoms with Crippen molar-refractivity contribution in [2.75, 3.05) is 13.1 Å². The van der Waals surface area contributed by atoms with Crippen LogP contribution in [0.2, 0.25) is 0 Å². The molecule has 4 nitrogen and oxygen atoms in total. The van der Waals surface area contributed by atoms with E-state index in [-0.39, 0.29) is 5.91 Å². The van der Waals surface area contributed by atoms with E-state index in [9.17, 15) is 4.79 Å². The maximum Gasteiger partial charge on any atom is 0.257 e. The van der Waals surface area contributed by atoms with Crippen molar-refractivity contribution in [2.24, 2.45) is 5.92 Å². The second-order valence-electron chi connectivity index (χ2n) is 7.61. The van der Waals surface area contributed by atoms with Crippen molar-refractivity contribution in [1.29, 1.82) is 0 Å². The van der Waals surface area contributed by atoms with E-state index < -0.39 is 0 Å². The Kier molecular flexibility index (Phi) is 5.26. The SMILES string of the molecule is Cc1ccc(-n2nc(CC(C)C)c(C(=O)N3CCCCC3)c2C)cc1. The molecule has 0 atom stereocenters. The first-order chi connectivity index (χ1) is 12.0. The highest BCUT2D eigenvalue weighted by Crippen LogP contribution is 2.24. The van der Waals surface area contributed by atoms with Gasteiger partial charge < -0.3 is 4.90 Å². The van der Waals surface area contributed by atoms with E-state index in [1.54, 1.807) is 0 Å². The van der Waals surface area contributed by atoms with Crippen molar-refractivity contribution in [3.05, 3.63) is 46.8 Å². The molecule has 0 N–H and O–H groups in total. The summed E-state index contributed by atoms with van der Waals surface area (Å²) in [4.78, 5) is 15.2. The number of benzene rings is 1. The zero-order valence-corrected chi connectivity index (χ0v) is 15.9. The van der Waals surface area contributed by atoms with Crippen LogP contribution in [0, 0.1) is 19.8 Å². The number of likely N-dealkylation sites (tertiary alicyclic amines) is 1. The smallest absolute Gasteiger partial charge is 0.257 e. The molecule has 0 spiro atoms. The minimum atomic E-state index is 0.159. The number of rotatable bonds is 4. The number of piperidine rings is 1. The summed E-state index contributed by atoms with van der Waals surface area (Å²) in [6, 6.07) is 8.32. The minimum Gasteiger partial charge on any atom is -0.339 e. The first kappa shape index (κ1) is 17.7. The molecule has 2 aromatic rings. The van der Waals surface area contributed by atoms with E-state index in [1.165, 1.54) is 12.0 Å². The monoisotopic (exact) mass is 339 g/mol. The predicted octanol–water partition coefficient (Wildman–Crippen LogP) is 4.31. The molecule has 1 saturated heterocycles. The van der Waals surface area contributed by atoms with Gasteiger partial charge in [-0.1, -0.05) is 31.5 Å². The first-order valence-corrected chi connectivity index (χ1v) is 9.42. The van der Waals surface area contributed by atoms with Gasteiger partial charge in [-0.3, -0.25) is 4.79 Å². The summed E-state index contributed by atoms with van der Waals surface area (Å²) in [6.45, 7) is 10.2. The number of carbonyl (C=O) groups excluding carboxylic acids is 1. The third-order valence-corrected chi connectivity index (χ3v) is 4.93. The lowest BCUT2D eigenvalue weighted by atomic mass is 10.0. The topological polar surface area (TPSA) is 38.1 Å². The van der Waals surface area contributed by atoms with Crippen molar-refractivity contribution in [1.82, 2.24) is 14.7 Å². The fourth-order valence-electron chi connectivity index (χ4n) is 3.56. The highest BCUT2D eigenvalue weighted by atomic mass is 16.2. The fourth-order valence-corrected chi connectivity index (χ4v) is 3.56. The van der Waals surface area contributed by atoms with Gasteiger partial charge in [0.2, 0.25) is 0 Å². The predicted molar refractivity (Wildman–Crippen MR) is 101 cm³/mol. The van der Waals surface area contributed by atoms with Crippen LogP contribution in [0.15, 0.2) is 24.3 Å². The van der Waals surface area contributed by atoms with Gasteiger partial charge in [-0.2, -0.15) is 5.10 Å². The first-order valence-electron chi connectivity index (χ1n) is 9.42. The number of nitrogens with zero attached hydrogens (tertiary/aromatic N) is 3. The average molecular weight is 339 g/mol. The van der Waals surface area contributed by atoms with Gasteiger partial charge >= 0.3 is 0 Å². The van der Waals surface area contributed by atoms with Crippen LogP contribution in [0.3, 0.4) is 0 Å². The van der Waals surface area contributed by atoms with Crippen molar-refractivity contribution in [2.45, 2.75) is 53.4 Å². The Morgan fingerprint density at radius 1 is 1.08 bits per heavy atom. The van der Waals surface area contributed by atoms with Crippen LogP contribution in [0.5, 0.6) is 0 Å². The summed E-state index contributed by atoms with van der Waals surface area (Å²) in [6.07, 6.45) is 4.27. The number of hydrogen-bond acceptors (Lipinski definition) is 2. The van der Waals surface area contributed by atoms with Crippen LogP contribution in [0.1, 0.15) is 60.4 Å². The summed E-state index contributed by atoms with van der Waals surface area (Å²) in [7, 11) is 0. The van der Waals surface area contributed by atoms with Crippen molar-refractivity contribution in [3.63, 3.8) is 0 Å². The van der Waals surface area contributed by atoms with E-state index in [2.05, 4.69) is 45.0 Å². The maximum absolute atomic E-state index is 13.2. The van der Waals surface area contributed by atoms with Crippen LogP contribution in [-0.2, 0) is 6.42 Å². The van der Waals surface area contributed by atoms with Crippen LogP contribution in [-0.4, -0.2) is 33.7 Å². The standard InChI is InChI=1S/C21H29N3O/c1-15(2)14-19-20(21(25)23-12-6-5-7-13-23)17(4)24(22-19)18-10-8-16(3)9-11-18/h8-11,15H,5-7,12-14H2,1-4H3. The number of aryl methyl sites for hydroxylation is 1. The van der Waals surface area contributed by atoms with Crippen LogP contribution < -0.4 is 0 Å². The van der Waals surface area contributed by atoms with E-state index in [1.807, 2.05) is 16.5 Å². The molecule has 0 radical (unpaired) electrons. The zero-order chi connectivity index (χ0) is 18.0. The van der Waals surface area contributed by atoms with Gasteiger partial charge in [-0.05, 0) is 57.6 Å². The van der Waals surface area contributed by atoms with E-state index >= 15 is 0 Å². The molecule has 1 fully saturated rings. The highest BCUT2D eigenvalue weighted by Gasteiger charge is 2.27. The molecule has 1 aliphatic heterocycles. The average Bonchev–Trinajstić information content (AvgIpc) is 2.91. The third kappa shape index (κ3) is 3.78. The van der Waals surface area contributed by atoms with Gasteiger partial charge in [0, 0.05) is 13.1 Å². The fraction of sp³-hybridized carbons (Fsp3) is 0.524. The summed E-state index contributed by atoms with van der Waals surface area (Å²) in [5.41, 5.74) is 4.95. The van der Waals surface area contributed by atoms with E-state index in [0.717, 1.165) is 55.0 Å². The summed E-state index contributed by atoms with van der Waals surface area (Å²) < 4.78 is 1.94. The van der Waals surface area contributed by atoms with Crippen LogP contribution >= 0.6 is 0 Å². The Hall–Kier alpha value is -2.10. The van der Waals surface area contributed by atoms with Gasteiger partial charge in [-0.25, -0.2) is 4.68 Å². The molecule has 4 heteroatoms. The number of carbonyl (C=O) groups is 1. The number of aromatic nitrogens is 2. The summed E-state index contributed by atoms with van der Waals surface area (Å²) >= 11 is 0. The lowest BCUT2D eigenvalue weighted by Crippen LogP contribution is -2.36. The van der Waals surface area contributed by atoms with Crippen molar-refractivity contribution in [3.8, 4) is 5.69 Å². The second kappa shape index (κ2) is 7.42. The maximum atomic E-state index is 13.2. The Labute approximate surface area is 150 Å². The lowest BCUT2D eigenvalue weighted by Gasteiger charge is -2.27. The molecule has 25 heavy (non-hydrogen) atoms. The molecule has 134 valence electrons. The molecule has 2 heterocycles. The van der Waals surface area contributed by atoms with Gasteiger partial charge in [0.05, 0.1) is 22.6 Å². The molecule has 1 aliphatic rings. The van der Waals surface area contributed by atoms with Crippen LogP contribution in [0.25, 0.3) is 5.69 Å². The third-order valence-electron chi connectivity index (χ3n) is 4.93. The van der Waals surface area contributed by atoms with E-state index in [4.69, 9.17) is 5.10 Å². The molecule has 1 aromatic carbocycles. The van der Waals surface area contributed by atoms with Crippen molar-refractivity contribution < 1.29 is 4.79 Å². The summed E-state index contributed by atoms with van der Waals surface area (Å²) in [5.74, 6) is 0.625. The Morgan fingerprint density at radius 3 is 2.32 bits per heavy atom. The molecule has 0 bridgehead atoms. The number of hydrogen-bond donors (Lipinski definition) is 0. The molecule has 1 aromatic heterocycles. The number of amides is 1. The largest absolute Gasteiger partial charge is 0.339 e. The second-order valence-corrected chi connectivity index (χ2v) is 7.61. The molecule has 3 rings (SSSR count). The van der Waals surface area contributed by atoms with Gasteiger partial charge in [0.15, 0.2) is 0 Å². The molecule has 1 amide bonds. The zero-order valence-electron chi connectivity index (χ0n) is 15.9. The van der Waals surface area contributed by atoms with Gasteiger partial charge in [0.1, 0.15) is 0 Å². The molecule has 0 unspecified atom stereocenters. The van der Waals surface area contributed by atoms with Crippen LogP contribution in [0.4, 0.5) is 0 Å². The Balaban J connectivity index is 2.02. The van der Waals surface area contributed by atoms with E-state index in [0.29, 0.717) is 5.92 Å². The summed E-state index contributed by atoms with van der Waals surface area (Å²) in [5, 5.41) is 4.83.